The van der Waals surface area contributed by atoms with E-state index in [4.69, 9.17) is 0 Å². The Hall–Kier alpha value is -3.10. The first-order valence-electron chi connectivity index (χ1n) is 12.7. The normalized spacial score (nSPS) is 16.5. The molecule has 0 bridgehead atoms. The van der Waals surface area contributed by atoms with Crippen LogP contribution in [0.1, 0.15) is 12.8 Å². The smallest absolute Gasteiger partial charge is 0.460 e. The van der Waals surface area contributed by atoms with Crippen LogP contribution >= 0.6 is 0 Å². The molecule has 0 aromatic rings. The summed E-state index contributed by atoms with van der Waals surface area (Å²) in [5.74, 6) is -145. The molecule has 340 valence electrons. The quantitative estimate of drug-likeness (QED) is 0.0558. The first kappa shape index (κ1) is 53.9. The molecule has 57 heavy (non-hydrogen) atoms. The van der Waals surface area contributed by atoms with Crippen LogP contribution in [0.5, 0.6) is 0 Å². The highest BCUT2D eigenvalue weighted by Gasteiger charge is 3.01. The Labute approximate surface area is 288 Å². The van der Waals surface area contributed by atoms with Crippen LogP contribution < -0.4 is 0 Å². The van der Waals surface area contributed by atoms with Crippen LogP contribution in [0.2, 0.25) is 0 Å². The summed E-state index contributed by atoms with van der Waals surface area (Å²) in [5, 5.41) is 0. The van der Waals surface area contributed by atoms with Crippen molar-refractivity contribution in [1.82, 2.24) is 0 Å². The molecule has 0 N–H and O–H groups in total. The minimum absolute atomic E-state index is 0.160. The third kappa shape index (κ3) is 6.81. The van der Waals surface area contributed by atoms with E-state index in [2.05, 4.69) is 11.3 Å². The molecule has 0 aromatic heterocycles. The van der Waals surface area contributed by atoms with E-state index in [-0.39, 0.29) is 6.08 Å². The summed E-state index contributed by atoms with van der Waals surface area (Å²) in [4.78, 5) is 10.7. The maximum atomic E-state index is 14.0. The molecular formula is C22H9F33O2. The number of hydrogen-bond acceptors (Lipinski definition) is 2. The number of hydrogen-bond donors (Lipinski definition) is 0. The standard InChI is InChI=1S/C22H9F33O2/c1-2-6(56)57-5-3-4-7(23,24)8(25,26)9(27,28)10(29,30)11(31,32)12(33,34)13(35,36)14(37,38)15(39,40)16(41,42)17(43,44)18(45,46)19(47,48)20(49,50)21(51,52)22(53,54)55/h2H,1,3-5H2. The van der Waals surface area contributed by atoms with Gasteiger partial charge in [0, 0.05) is 12.5 Å². The maximum Gasteiger partial charge on any atom is 0.460 e. The summed E-state index contributed by atoms with van der Waals surface area (Å²) in [6, 6.07) is 0. The Balaban J connectivity index is 7.52. The molecule has 0 spiro atoms. The lowest BCUT2D eigenvalue weighted by Gasteiger charge is -2.47. The van der Waals surface area contributed by atoms with Crippen LogP contribution in [0.3, 0.4) is 0 Å². The topological polar surface area (TPSA) is 26.3 Å². The Morgan fingerprint density at radius 1 is 0.351 bits per heavy atom. The summed E-state index contributed by atoms with van der Waals surface area (Å²) in [5.41, 5.74) is 0. The van der Waals surface area contributed by atoms with Crippen molar-refractivity contribution in [1.29, 1.82) is 0 Å². The molecule has 2 nitrogen and oxygen atoms in total. The van der Waals surface area contributed by atoms with E-state index < -0.39 is 120 Å². The predicted molar refractivity (Wildman–Crippen MR) is 111 cm³/mol. The van der Waals surface area contributed by atoms with Crippen molar-refractivity contribution < 1.29 is 154 Å². The van der Waals surface area contributed by atoms with Gasteiger partial charge >= 0.3 is 101 Å². The van der Waals surface area contributed by atoms with Gasteiger partial charge in [0.25, 0.3) is 0 Å². The van der Waals surface area contributed by atoms with Gasteiger partial charge in [0.15, 0.2) is 0 Å². The fraction of sp³-hybridized carbons (Fsp3) is 0.864. The van der Waals surface area contributed by atoms with Gasteiger partial charge in [-0.25, -0.2) is 4.79 Å². The number of carbonyl (C=O) groups excluding carboxylic acids is 1. The van der Waals surface area contributed by atoms with Gasteiger partial charge in [0.1, 0.15) is 0 Å². The van der Waals surface area contributed by atoms with E-state index in [1.165, 1.54) is 0 Å². The molecule has 0 rings (SSSR count). The van der Waals surface area contributed by atoms with E-state index in [0.717, 1.165) is 0 Å². The van der Waals surface area contributed by atoms with Gasteiger partial charge in [0.05, 0.1) is 6.61 Å². The third-order valence-corrected chi connectivity index (χ3v) is 6.99. The molecule has 0 aliphatic carbocycles. The molecule has 0 saturated heterocycles. The molecule has 0 aliphatic heterocycles. The SMILES string of the molecule is C=CC(=O)OCCCC(F)(F)C(F)(F)C(F)(F)C(F)(F)C(F)(F)C(F)(F)C(F)(F)C(F)(F)C(F)(F)C(F)(F)C(F)(F)C(F)(F)C(F)(F)C(F)(F)C(F)(F)C(F)(F)F. The summed E-state index contributed by atoms with van der Waals surface area (Å²) in [7, 11) is 0. The van der Waals surface area contributed by atoms with Gasteiger partial charge in [-0.15, -0.1) is 0 Å². The largest absolute Gasteiger partial charge is 0.463 e. The average molecular weight is 932 g/mol. The Kier molecular flexibility index (Phi) is 13.2. The molecule has 35 heteroatoms. The van der Waals surface area contributed by atoms with Crippen molar-refractivity contribution in [2.75, 3.05) is 6.61 Å². The monoisotopic (exact) mass is 932 g/mol. The lowest BCUT2D eigenvalue weighted by molar-refractivity contribution is -0.491. The Morgan fingerprint density at radius 3 is 0.737 bits per heavy atom. The van der Waals surface area contributed by atoms with E-state index in [0.29, 0.717) is 0 Å². The summed E-state index contributed by atoms with van der Waals surface area (Å²) < 4.78 is 452. The van der Waals surface area contributed by atoms with Crippen LogP contribution in [0.25, 0.3) is 0 Å². The average Bonchev–Trinajstić information content (AvgIpc) is 3.00. The zero-order valence-electron chi connectivity index (χ0n) is 25.2. The van der Waals surface area contributed by atoms with Crippen molar-refractivity contribution in [2.24, 2.45) is 0 Å². The summed E-state index contributed by atoms with van der Waals surface area (Å²) in [6.45, 7) is 0.977. The van der Waals surface area contributed by atoms with Crippen molar-refractivity contribution in [2.45, 2.75) is 108 Å². The second-order valence-electron chi connectivity index (χ2n) is 10.7. The van der Waals surface area contributed by atoms with Crippen LogP contribution in [0.15, 0.2) is 12.7 Å². The van der Waals surface area contributed by atoms with Crippen molar-refractivity contribution in [3.8, 4) is 0 Å². The Bertz CT molecular complexity index is 1470. The molecule has 0 aliphatic rings. The molecule has 0 unspecified atom stereocenters. The fourth-order valence-electron chi connectivity index (χ4n) is 3.46. The predicted octanol–water partition coefficient (Wildman–Crippen LogP) is 11.6. The van der Waals surface area contributed by atoms with Crippen molar-refractivity contribution >= 4 is 5.97 Å². The molecular weight excluding hydrogens is 923 g/mol. The first-order valence-corrected chi connectivity index (χ1v) is 12.7. The van der Waals surface area contributed by atoms with Gasteiger partial charge in [-0.1, -0.05) is 6.58 Å². The van der Waals surface area contributed by atoms with Gasteiger partial charge in [-0.05, 0) is 6.42 Å². The van der Waals surface area contributed by atoms with E-state index in [1.807, 2.05) is 0 Å². The number of ether oxygens (including phenoxy) is 1. The van der Waals surface area contributed by atoms with Gasteiger partial charge in [0.2, 0.25) is 0 Å². The van der Waals surface area contributed by atoms with Crippen LogP contribution in [-0.2, 0) is 9.53 Å². The second kappa shape index (κ2) is 14.0. The van der Waals surface area contributed by atoms with Crippen LogP contribution in [-0.4, -0.2) is 108 Å². The van der Waals surface area contributed by atoms with Gasteiger partial charge in [-0.3, -0.25) is 0 Å². The number of esters is 1. The first-order chi connectivity index (χ1) is 24.2. The lowest BCUT2D eigenvalue weighted by atomic mass is 9.82. The zero-order valence-corrected chi connectivity index (χ0v) is 25.2. The molecule has 0 aromatic carbocycles. The number of carbonyl (C=O) groups is 1. The summed E-state index contributed by atoms with van der Waals surface area (Å²) in [6.07, 6.45) is -13.3. The van der Waals surface area contributed by atoms with E-state index in [1.54, 1.807) is 0 Å². The van der Waals surface area contributed by atoms with E-state index >= 15 is 0 Å². The molecule has 0 heterocycles. The number of alkyl halides is 33. The van der Waals surface area contributed by atoms with Crippen LogP contribution in [0, 0.1) is 0 Å². The van der Waals surface area contributed by atoms with Crippen LogP contribution in [0.4, 0.5) is 145 Å². The third-order valence-electron chi connectivity index (χ3n) is 6.99. The Morgan fingerprint density at radius 2 is 0.544 bits per heavy atom. The molecule has 0 atom stereocenters. The number of rotatable bonds is 19. The highest BCUT2D eigenvalue weighted by atomic mass is 19.4. The maximum absolute atomic E-state index is 14.0. The van der Waals surface area contributed by atoms with Crippen molar-refractivity contribution in [3.05, 3.63) is 12.7 Å². The lowest BCUT2D eigenvalue weighted by Crippen LogP contribution is -2.80. The number of halogens is 33. The molecule has 0 radical (unpaired) electrons. The van der Waals surface area contributed by atoms with Gasteiger partial charge in [-0.2, -0.15) is 145 Å². The highest BCUT2D eigenvalue weighted by Crippen LogP contribution is 2.70. The fourth-order valence-corrected chi connectivity index (χ4v) is 3.46. The van der Waals surface area contributed by atoms with Gasteiger partial charge < -0.3 is 4.74 Å². The zero-order chi connectivity index (χ0) is 47.1. The molecule has 0 amide bonds. The highest BCUT2D eigenvalue weighted by molar-refractivity contribution is 5.81. The second-order valence-corrected chi connectivity index (χ2v) is 10.7. The molecule has 0 saturated carbocycles. The molecule has 0 fully saturated rings. The summed E-state index contributed by atoms with van der Waals surface area (Å²) >= 11 is 0. The van der Waals surface area contributed by atoms with E-state index in [9.17, 15) is 150 Å². The minimum atomic E-state index is -10.2. The van der Waals surface area contributed by atoms with Crippen molar-refractivity contribution in [3.63, 3.8) is 0 Å². The minimum Gasteiger partial charge on any atom is -0.463 e.